The van der Waals surface area contributed by atoms with Gasteiger partial charge in [-0.25, -0.2) is 4.68 Å². The van der Waals surface area contributed by atoms with E-state index in [0.717, 1.165) is 16.8 Å². The van der Waals surface area contributed by atoms with Gasteiger partial charge < -0.3 is 4.52 Å². The first kappa shape index (κ1) is 13.2. The molecule has 108 valence electrons. The van der Waals surface area contributed by atoms with Crippen molar-refractivity contribution in [3.05, 3.63) is 58.5 Å². The Bertz CT molecular complexity index is 913. The standard InChI is InChI=1S/C15H9ClN4OS/c16-12-3-1-2-4-13(12)20-8-11(7-17-20)15-18-14(19-21-15)10-5-6-22-9-10/h1-9H. The van der Waals surface area contributed by atoms with Crippen LogP contribution in [0.3, 0.4) is 0 Å². The fraction of sp³-hybridized carbons (Fsp3) is 0. The molecule has 0 atom stereocenters. The molecule has 0 fully saturated rings. The third kappa shape index (κ3) is 2.32. The highest BCUT2D eigenvalue weighted by molar-refractivity contribution is 7.08. The van der Waals surface area contributed by atoms with Gasteiger partial charge in [0.2, 0.25) is 5.82 Å². The van der Waals surface area contributed by atoms with Crippen LogP contribution in [0, 0.1) is 0 Å². The van der Waals surface area contributed by atoms with Gasteiger partial charge in [0, 0.05) is 17.1 Å². The van der Waals surface area contributed by atoms with E-state index in [9.17, 15) is 0 Å². The zero-order valence-electron chi connectivity index (χ0n) is 11.2. The normalized spacial score (nSPS) is 11.0. The quantitative estimate of drug-likeness (QED) is 0.562. The molecule has 22 heavy (non-hydrogen) atoms. The van der Waals surface area contributed by atoms with Gasteiger partial charge >= 0.3 is 0 Å². The lowest BCUT2D eigenvalue weighted by Crippen LogP contribution is -1.94. The van der Waals surface area contributed by atoms with Gasteiger partial charge in [0.25, 0.3) is 5.89 Å². The summed E-state index contributed by atoms with van der Waals surface area (Å²) in [5.74, 6) is 1.00. The van der Waals surface area contributed by atoms with Gasteiger partial charge in [-0.1, -0.05) is 28.9 Å². The van der Waals surface area contributed by atoms with Gasteiger partial charge in [0.15, 0.2) is 0 Å². The molecular weight excluding hydrogens is 320 g/mol. The average molecular weight is 329 g/mol. The summed E-state index contributed by atoms with van der Waals surface area (Å²) in [5, 5.41) is 12.9. The molecule has 0 N–H and O–H groups in total. The van der Waals surface area contributed by atoms with E-state index in [4.69, 9.17) is 16.1 Å². The minimum atomic E-state index is 0.430. The highest BCUT2D eigenvalue weighted by Crippen LogP contribution is 2.25. The second kappa shape index (κ2) is 5.40. The monoisotopic (exact) mass is 328 g/mol. The highest BCUT2D eigenvalue weighted by Gasteiger charge is 2.13. The van der Waals surface area contributed by atoms with E-state index in [-0.39, 0.29) is 0 Å². The van der Waals surface area contributed by atoms with Gasteiger partial charge in [-0.15, -0.1) is 0 Å². The first-order valence-electron chi connectivity index (χ1n) is 6.47. The van der Waals surface area contributed by atoms with Crippen LogP contribution in [-0.2, 0) is 0 Å². The highest BCUT2D eigenvalue weighted by atomic mass is 35.5. The molecule has 4 rings (SSSR count). The summed E-state index contributed by atoms with van der Waals surface area (Å²) in [6.07, 6.45) is 3.49. The van der Waals surface area contributed by atoms with Crippen molar-refractivity contribution in [3.63, 3.8) is 0 Å². The summed E-state index contributed by atoms with van der Waals surface area (Å²) in [5.41, 5.74) is 2.49. The maximum Gasteiger partial charge on any atom is 0.261 e. The summed E-state index contributed by atoms with van der Waals surface area (Å²) in [6, 6.07) is 9.45. The lowest BCUT2D eigenvalue weighted by Gasteiger charge is -2.02. The van der Waals surface area contributed by atoms with E-state index in [1.807, 2.05) is 47.3 Å². The van der Waals surface area contributed by atoms with Crippen LogP contribution >= 0.6 is 22.9 Å². The van der Waals surface area contributed by atoms with Gasteiger partial charge in [-0.3, -0.25) is 0 Å². The number of thiophene rings is 1. The minimum Gasteiger partial charge on any atom is -0.333 e. The summed E-state index contributed by atoms with van der Waals surface area (Å²) >= 11 is 7.76. The van der Waals surface area contributed by atoms with Crippen molar-refractivity contribution in [3.8, 4) is 28.5 Å². The first-order chi connectivity index (χ1) is 10.8. The number of benzene rings is 1. The van der Waals surface area contributed by atoms with Gasteiger partial charge in [0.05, 0.1) is 22.5 Å². The van der Waals surface area contributed by atoms with Crippen LogP contribution < -0.4 is 0 Å². The van der Waals surface area contributed by atoms with E-state index in [1.165, 1.54) is 0 Å². The third-order valence-electron chi connectivity index (χ3n) is 3.13. The average Bonchev–Trinajstić information content (AvgIpc) is 3.27. The van der Waals surface area contributed by atoms with E-state index in [0.29, 0.717) is 16.7 Å². The van der Waals surface area contributed by atoms with E-state index in [1.54, 1.807) is 22.2 Å². The van der Waals surface area contributed by atoms with Crippen molar-refractivity contribution in [2.45, 2.75) is 0 Å². The molecule has 0 bridgehead atoms. The van der Waals surface area contributed by atoms with E-state index >= 15 is 0 Å². The van der Waals surface area contributed by atoms with Crippen LogP contribution in [-0.4, -0.2) is 19.9 Å². The number of hydrogen-bond acceptors (Lipinski definition) is 5. The first-order valence-corrected chi connectivity index (χ1v) is 7.79. The van der Waals surface area contributed by atoms with Crippen molar-refractivity contribution in [2.24, 2.45) is 0 Å². The zero-order valence-corrected chi connectivity index (χ0v) is 12.8. The van der Waals surface area contributed by atoms with Gasteiger partial charge in [0.1, 0.15) is 0 Å². The molecule has 0 spiro atoms. The molecule has 3 heterocycles. The Hall–Kier alpha value is -2.44. The van der Waals surface area contributed by atoms with E-state index < -0.39 is 0 Å². The lowest BCUT2D eigenvalue weighted by molar-refractivity contribution is 0.432. The zero-order chi connectivity index (χ0) is 14.9. The molecule has 4 aromatic rings. The van der Waals surface area contributed by atoms with Crippen molar-refractivity contribution >= 4 is 22.9 Å². The fourth-order valence-corrected chi connectivity index (χ4v) is 2.91. The molecule has 0 aliphatic heterocycles. The summed E-state index contributed by atoms with van der Waals surface area (Å²) in [6.45, 7) is 0. The summed E-state index contributed by atoms with van der Waals surface area (Å²) < 4.78 is 7.00. The molecule has 0 amide bonds. The molecular formula is C15H9ClN4OS. The summed E-state index contributed by atoms with van der Waals surface area (Å²) in [4.78, 5) is 4.39. The third-order valence-corrected chi connectivity index (χ3v) is 4.14. The second-order valence-corrected chi connectivity index (χ2v) is 5.75. The largest absolute Gasteiger partial charge is 0.333 e. The Labute approximate surface area is 134 Å². The molecule has 0 saturated heterocycles. The number of rotatable bonds is 3. The Morgan fingerprint density at radius 1 is 1.14 bits per heavy atom. The van der Waals surface area contributed by atoms with Gasteiger partial charge in [-0.05, 0) is 23.6 Å². The smallest absolute Gasteiger partial charge is 0.261 e. The molecule has 7 heteroatoms. The minimum absolute atomic E-state index is 0.430. The van der Waals surface area contributed by atoms with Crippen molar-refractivity contribution in [1.82, 2.24) is 19.9 Å². The number of aromatic nitrogens is 4. The number of hydrogen-bond donors (Lipinski definition) is 0. The molecule has 0 saturated carbocycles. The second-order valence-electron chi connectivity index (χ2n) is 4.56. The predicted molar refractivity (Wildman–Crippen MR) is 85.2 cm³/mol. The Kier molecular flexibility index (Phi) is 3.25. The fourth-order valence-electron chi connectivity index (χ4n) is 2.05. The molecule has 5 nitrogen and oxygen atoms in total. The van der Waals surface area contributed by atoms with Crippen molar-refractivity contribution in [2.75, 3.05) is 0 Å². The molecule has 0 aliphatic rings. The molecule has 3 aromatic heterocycles. The van der Waals surface area contributed by atoms with E-state index in [2.05, 4.69) is 15.2 Å². The molecule has 0 aliphatic carbocycles. The molecule has 0 unspecified atom stereocenters. The number of nitrogens with zero attached hydrogens (tertiary/aromatic N) is 4. The van der Waals surface area contributed by atoms with Crippen LogP contribution in [0.25, 0.3) is 28.5 Å². The van der Waals surface area contributed by atoms with Crippen LogP contribution in [0.15, 0.2) is 58.0 Å². The topological polar surface area (TPSA) is 56.7 Å². The Morgan fingerprint density at radius 3 is 2.86 bits per heavy atom. The van der Waals surface area contributed by atoms with Crippen LogP contribution in [0.4, 0.5) is 0 Å². The predicted octanol–water partition coefficient (Wildman–Crippen LogP) is 4.30. The SMILES string of the molecule is Clc1ccccc1-n1cc(-c2nc(-c3ccsc3)no2)cn1. The molecule has 1 aromatic carbocycles. The Morgan fingerprint density at radius 2 is 2.05 bits per heavy atom. The lowest BCUT2D eigenvalue weighted by atomic mass is 10.3. The number of halogens is 1. The van der Waals surface area contributed by atoms with Crippen LogP contribution in [0.1, 0.15) is 0 Å². The molecule has 0 radical (unpaired) electrons. The van der Waals surface area contributed by atoms with Gasteiger partial charge in [-0.2, -0.15) is 21.4 Å². The van der Waals surface area contributed by atoms with Crippen molar-refractivity contribution < 1.29 is 4.52 Å². The van der Waals surface area contributed by atoms with Crippen molar-refractivity contribution in [1.29, 1.82) is 0 Å². The number of para-hydroxylation sites is 1. The maximum atomic E-state index is 6.17. The van der Waals surface area contributed by atoms with Crippen LogP contribution in [0.5, 0.6) is 0 Å². The van der Waals surface area contributed by atoms with Crippen LogP contribution in [0.2, 0.25) is 5.02 Å². The maximum absolute atomic E-state index is 6.17. The Balaban J connectivity index is 1.69. The summed E-state index contributed by atoms with van der Waals surface area (Å²) in [7, 11) is 0.